The van der Waals surface area contributed by atoms with Crippen molar-refractivity contribution in [1.29, 1.82) is 0 Å². The molecule has 3 heterocycles. The van der Waals surface area contributed by atoms with E-state index in [0.717, 1.165) is 82.1 Å². The molecule has 0 saturated carbocycles. The molecule has 7 nitrogen and oxygen atoms in total. The number of nitrogens with zero attached hydrogens (tertiary/aromatic N) is 3. The summed E-state index contributed by atoms with van der Waals surface area (Å²) in [4.78, 5) is 36.8. The van der Waals surface area contributed by atoms with Crippen molar-refractivity contribution >= 4 is 28.4 Å². The molecule has 1 N–H and O–H groups in total. The van der Waals surface area contributed by atoms with Crippen molar-refractivity contribution in [1.82, 2.24) is 14.9 Å². The van der Waals surface area contributed by atoms with Crippen molar-refractivity contribution in [2.24, 2.45) is 0 Å². The molecule has 0 spiro atoms. The Labute approximate surface area is 234 Å². The Balaban J connectivity index is 1.09. The number of ether oxygens (including phenoxy) is 1. The lowest BCUT2D eigenvalue weighted by Crippen LogP contribution is -2.48. The fourth-order valence-corrected chi connectivity index (χ4v) is 5.61. The maximum absolute atomic E-state index is 13.2. The van der Waals surface area contributed by atoms with E-state index in [1.807, 2.05) is 36.1 Å². The molecule has 2 aliphatic heterocycles. The molecule has 1 saturated heterocycles. The summed E-state index contributed by atoms with van der Waals surface area (Å²) >= 11 is 0. The molecule has 0 bridgehead atoms. The van der Waals surface area contributed by atoms with Gasteiger partial charge in [0.15, 0.2) is 5.78 Å². The topological polar surface area (TPSA) is 78.5 Å². The third-order valence-corrected chi connectivity index (χ3v) is 7.94. The Kier molecular flexibility index (Phi) is 7.11. The molecule has 0 atom stereocenters. The van der Waals surface area contributed by atoms with E-state index in [-0.39, 0.29) is 11.7 Å². The molecule has 7 heteroatoms. The molecule has 0 aliphatic carbocycles. The average Bonchev–Trinajstić information content (AvgIpc) is 3.34. The van der Waals surface area contributed by atoms with Gasteiger partial charge in [0.25, 0.3) is 0 Å². The number of benzene rings is 3. The van der Waals surface area contributed by atoms with Gasteiger partial charge >= 0.3 is 0 Å². The number of aromatic amines is 1. The lowest BCUT2D eigenvalue weighted by atomic mass is 9.97. The van der Waals surface area contributed by atoms with Crippen molar-refractivity contribution in [2.75, 3.05) is 37.7 Å². The summed E-state index contributed by atoms with van der Waals surface area (Å²) in [6.07, 6.45) is 4.14. The number of carbonyl (C=O) groups excluding carboxylic acids is 2. The number of Topliss-reactive ketones (excluding diaryl/α,β-unsaturated/α-hetero) is 1. The molecule has 204 valence electrons. The molecule has 1 amide bonds. The molecule has 3 aromatic carbocycles. The molecule has 40 heavy (non-hydrogen) atoms. The lowest BCUT2D eigenvalue weighted by molar-refractivity contribution is -0.130. The number of H-pyrrole nitrogens is 1. The van der Waals surface area contributed by atoms with Crippen LogP contribution in [0.25, 0.3) is 22.2 Å². The first kappa shape index (κ1) is 25.9. The molecule has 6 rings (SSSR count). The zero-order chi connectivity index (χ0) is 27.6. The van der Waals surface area contributed by atoms with Gasteiger partial charge in [0.05, 0.1) is 17.6 Å². The lowest BCUT2D eigenvalue weighted by Gasteiger charge is -2.36. The summed E-state index contributed by atoms with van der Waals surface area (Å²) in [7, 11) is 0. The number of aryl methyl sites for hydroxylation is 1. The fraction of sp³-hybridized carbons (Fsp3) is 0.303. The van der Waals surface area contributed by atoms with Gasteiger partial charge in [0, 0.05) is 50.3 Å². The molecule has 1 aromatic heterocycles. The number of hydrogen-bond acceptors (Lipinski definition) is 5. The second-order valence-electron chi connectivity index (χ2n) is 10.7. The highest BCUT2D eigenvalue weighted by Crippen LogP contribution is 2.31. The van der Waals surface area contributed by atoms with Crippen LogP contribution in [-0.2, 0) is 11.2 Å². The fourth-order valence-electron chi connectivity index (χ4n) is 5.61. The van der Waals surface area contributed by atoms with Gasteiger partial charge in [-0.15, -0.1) is 0 Å². The van der Waals surface area contributed by atoms with E-state index in [9.17, 15) is 9.59 Å². The number of rotatable bonds is 5. The highest BCUT2D eigenvalue weighted by molar-refractivity contribution is 5.94. The largest absolute Gasteiger partial charge is 0.493 e. The van der Waals surface area contributed by atoms with Crippen molar-refractivity contribution in [3.05, 3.63) is 89.3 Å². The summed E-state index contributed by atoms with van der Waals surface area (Å²) in [6, 6.07) is 20.4. The first-order valence-corrected chi connectivity index (χ1v) is 14.0. The number of imidazole rings is 1. The molecule has 0 radical (unpaired) electrons. The van der Waals surface area contributed by atoms with Crippen LogP contribution >= 0.6 is 0 Å². The summed E-state index contributed by atoms with van der Waals surface area (Å²) in [6.45, 7) is 7.08. The molecule has 0 unspecified atom stereocenters. The third-order valence-electron chi connectivity index (χ3n) is 7.94. The van der Waals surface area contributed by atoms with E-state index >= 15 is 0 Å². The summed E-state index contributed by atoms with van der Waals surface area (Å²) < 4.78 is 6.13. The Hall–Kier alpha value is -4.39. The first-order valence-electron chi connectivity index (χ1n) is 14.0. The van der Waals surface area contributed by atoms with Gasteiger partial charge in [-0.1, -0.05) is 23.8 Å². The SMILES string of the molecule is CC(=O)c1ccc(N2CCN(C(=O)C/C3=C/Cc4cc(-c5ccc6nc(C)[nH]c6c5)ccc4OCC3)CC2)cc1. The average molecular weight is 535 g/mol. The molecule has 1 fully saturated rings. The number of amides is 1. The van der Waals surface area contributed by atoms with Crippen LogP contribution in [0.5, 0.6) is 5.75 Å². The monoisotopic (exact) mass is 534 g/mol. The van der Waals surface area contributed by atoms with E-state index in [0.29, 0.717) is 26.1 Å². The Morgan fingerprint density at radius 2 is 1.70 bits per heavy atom. The maximum Gasteiger partial charge on any atom is 0.226 e. The van der Waals surface area contributed by atoms with Crippen molar-refractivity contribution in [3.8, 4) is 16.9 Å². The van der Waals surface area contributed by atoms with Gasteiger partial charge in [0.1, 0.15) is 11.6 Å². The van der Waals surface area contributed by atoms with Crippen molar-refractivity contribution < 1.29 is 14.3 Å². The van der Waals surface area contributed by atoms with E-state index in [2.05, 4.69) is 57.3 Å². The van der Waals surface area contributed by atoms with Crippen LogP contribution in [0.4, 0.5) is 5.69 Å². The minimum Gasteiger partial charge on any atom is -0.493 e. The van der Waals surface area contributed by atoms with Crippen molar-refractivity contribution in [2.45, 2.75) is 33.1 Å². The Morgan fingerprint density at radius 3 is 2.48 bits per heavy atom. The molecular weight excluding hydrogens is 500 g/mol. The highest BCUT2D eigenvalue weighted by Gasteiger charge is 2.22. The first-order chi connectivity index (χ1) is 19.4. The molecule has 4 aromatic rings. The van der Waals surface area contributed by atoms with Crippen LogP contribution in [0.2, 0.25) is 0 Å². The third kappa shape index (κ3) is 5.50. The van der Waals surface area contributed by atoms with Crippen LogP contribution in [-0.4, -0.2) is 59.3 Å². The smallest absolute Gasteiger partial charge is 0.226 e. The minimum absolute atomic E-state index is 0.0713. The maximum atomic E-state index is 13.2. The molecular formula is C33H34N4O3. The Morgan fingerprint density at radius 1 is 0.950 bits per heavy atom. The normalized spacial score (nSPS) is 16.9. The van der Waals surface area contributed by atoms with Crippen LogP contribution < -0.4 is 9.64 Å². The van der Waals surface area contributed by atoms with Gasteiger partial charge < -0.3 is 19.5 Å². The number of aromatic nitrogens is 2. The number of anilines is 1. The van der Waals surface area contributed by atoms with E-state index < -0.39 is 0 Å². The van der Waals surface area contributed by atoms with Gasteiger partial charge in [-0.25, -0.2) is 4.98 Å². The number of hydrogen-bond donors (Lipinski definition) is 1. The number of piperazine rings is 1. The quantitative estimate of drug-likeness (QED) is 0.261. The van der Waals surface area contributed by atoms with E-state index in [4.69, 9.17) is 4.74 Å². The summed E-state index contributed by atoms with van der Waals surface area (Å²) in [5, 5.41) is 0. The zero-order valence-electron chi connectivity index (χ0n) is 23.1. The van der Waals surface area contributed by atoms with Crippen molar-refractivity contribution in [3.63, 3.8) is 0 Å². The zero-order valence-corrected chi connectivity index (χ0v) is 23.1. The number of fused-ring (bicyclic) bond motifs is 2. The number of nitrogens with one attached hydrogen (secondary N) is 1. The Bertz CT molecular complexity index is 1590. The van der Waals surface area contributed by atoms with Crippen LogP contribution in [0, 0.1) is 6.92 Å². The van der Waals surface area contributed by atoms with E-state index in [1.165, 1.54) is 0 Å². The van der Waals surface area contributed by atoms with Crippen LogP contribution in [0.1, 0.15) is 41.5 Å². The van der Waals surface area contributed by atoms with Gasteiger partial charge in [0.2, 0.25) is 5.91 Å². The number of allylic oxidation sites excluding steroid dienone is 1. The number of carbonyl (C=O) groups is 2. The van der Waals surface area contributed by atoms with Gasteiger partial charge in [-0.2, -0.15) is 0 Å². The number of ketones is 1. The molecule has 2 aliphatic rings. The van der Waals surface area contributed by atoms with Crippen LogP contribution in [0.15, 0.2) is 72.3 Å². The van der Waals surface area contributed by atoms with Gasteiger partial charge in [-0.05, 0) is 85.5 Å². The second-order valence-corrected chi connectivity index (χ2v) is 10.7. The second kappa shape index (κ2) is 11.0. The van der Waals surface area contributed by atoms with Crippen LogP contribution in [0.3, 0.4) is 0 Å². The van der Waals surface area contributed by atoms with Gasteiger partial charge in [-0.3, -0.25) is 9.59 Å². The predicted octanol–water partition coefficient (Wildman–Crippen LogP) is 5.73. The van der Waals surface area contributed by atoms with E-state index in [1.54, 1.807) is 6.92 Å². The summed E-state index contributed by atoms with van der Waals surface area (Å²) in [5.41, 5.74) is 8.35. The predicted molar refractivity (Wildman–Crippen MR) is 158 cm³/mol. The highest BCUT2D eigenvalue weighted by atomic mass is 16.5. The minimum atomic E-state index is 0.0713. The summed E-state index contributed by atoms with van der Waals surface area (Å²) in [5.74, 6) is 2.07. The standard InChI is InChI=1S/C33H34N4O3/c1-22(38)25-5-9-29(10-6-25)36-14-16-37(17-15-36)33(39)19-24-3-4-28-20-26(8-12-32(28)40-18-13-24)27-7-11-30-31(21-27)35-23(2)34-30/h3,5-12,20-21H,4,13-19H2,1-2H3,(H,34,35)/b24-3+.